The van der Waals surface area contributed by atoms with Gasteiger partial charge in [-0.25, -0.2) is 4.98 Å². The number of hydrogen-bond acceptors (Lipinski definition) is 2. The summed E-state index contributed by atoms with van der Waals surface area (Å²) in [6.45, 7) is 0. The van der Waals surface area contributed by atoms with E-state index in [1.807, 2.05) is 24.3 Å². The molecule has 20 heavy (non-hydrogen) atoms. The third kappa shape index (κ3) is 1.83. The summed E-state index contributed by atoms with van der Waals surface area (Å²) in [5, 5.41) is 0. The number of aromatic nitrogens is 2. The molecule has 0 saturated heterocycles. The lowest BCUT2D eigenvalue weighted by molar-refractivity contribution is 0.775. The van der Waals surface area contributed by atoms with Gasteiger partial charge in [-0.15, -0.1) is 0 Å². The van der Waals surface area contributed by atoms with Crippen LogP contribution < -0.4 is 5.73 Å². The van der Waals surface area contributed by atoms with Crippen LogP contribution in [0.1, 0.15) is 18.9 Å². The Labute approximate surface area is 125 Å². The molecule has 1 aliphatic carbocycles. The van der Waals surface area contributed by atoms with Crippen molar-refractivity contribution in [3.63, 3.8) is 0 Å². The largest absolute Gasteiger partial charge is 0.398 e. The van der Waals surface area contributed by atoms with E-state index in [1.54, 1.807) is 0 Å². The van der Waals surface area contributed by atoms with E-state index in [0.29, 0.717) is 6.04 Å². The Morgan fingerprint density at radius 2 is 1.95 bits per heavy atom. The quantitative estimate of drug-likeness (QED) is 0.709. The van der Waals surface area contributed by atoms with Gasteiger partial charge in [0.2, 0.25) is 0 Å². The summed E-state index contributed by atoms with van der Waals surface area (Å²) in [5.41, 5.74) is 10.1. The van der Waals surface area contributed by atoms with Crippen molar-refractivity contribution in [3.8, 4) is 11.4 Å². The lowest BCUT2D eigenvalue weighted by atomic mass is 10.1. The van der Waals surface area contributed by atoms with Crippen molar-refractivity contribution in [2.45, 2.75) is 18.9 Å². The van der Waals surface area contributed by atoms with Gasteiger partial charge in [0.25, 0.3) is 0 Å². The van der Waals surface area contributed by atoms with Crippen molar-refractivity contribution in [1.29, 1.82) is 0 Å². The van der Waals surface area contributed by atoms with Crippen LogP contribution in [0.5, 0.6) is 0 Å². The average molecular weight is 328 g/mol. The highest BCUT2D eigenvalue weighted by molar-refractivity contribution is 9.10. The van der Waals surface area contributed by atoms with Gasteiger partial charge in [0, 0.05) is 21.8 Å². The van der Waals surface area contributed by atoms with Crippen molar-refractivity contribution in [2.24, 2.45) is 0 Å². The Hall–Kier alpha value is -1.81. The van der Waals surface area contributed by atoms with Crippen LogP contribution in [0.4, 0.5) is 5.69 Å². The number of para-hydroxylation sites is 1. The van der Waals surface area contributed by atoms with Crippen LogP contribution in [0.15, 0.2) is 46.9 Å². The molecule has 1 aliphatic rings. The fourth-order valence-electron chi connectivity index (χ4n) is 2.66. The van der Waals surface area contributed by atoms with Crippen LogP contribution in [-0.2, 0) is 0 Å². The second-order valence-corrected chi connectivity index (χ2v) is 6.17. The van der Waals surface area contributed by atoms with Crippen molar-refractivity contribution in [3.05, 3.63) is 46.9 Å². The third-order valence-electron chi connectivity index (χ3n) is 3.77. The minimum absolute atomic E-state index is 0.566. The van der Waals surface area contributed by atoms with Crippen molar-refractivity contribution in [2.75, 3.05) is 5.73 Å². The first-order valence-electron chi connectivity index (χ1n) is 6.76. The van der Waals surface area contributed by atoms with E-state index in [-0.39, 0.29) is 0 Å². The molecule has 0 unspecified atom stereocenters. The van der Waals surface area contributed by atoms with E-state index >= 15 is 0 Å². The second kappa shape index (κ2) is 4.35. The predicted octanol–water partition coefficient (Wildman–Crippen LogP) is 4.38. The van der Waals surface area contributed by atoms with Crippen LogP contribution in [0.3, 0.4) is 0 Å². The monoisotopic (exact) mass is 327 g/mol. The summed E-state index contributed by atoms with van der Waals surface area (Å²) < 4.78 is 3.39. The zero-order valence-electron chi connectivity index (χ0n) is 10.9. The fraction of sp³-hybridized carbons (Fsp3) is 0.188. The van der Waals surface area contributed by atoms with Crippen LogP contribution in [-0.4, -0.2) is 9.55 Å². The van der Waals surface area contributed by atoms with Crippen molar-refractivity contribution < 1.29 is 0 Å². The molecule has 0 spiro atoms. The number of benzene rings is 2. The summed E-state index contributed by atoms with van der Waals surface area (Å²) in [5.74, 6) is 0.985. The lowest BCUT2D eigenvalue weighted by Gasteiger charge is -2.09. The SMILES string of the molecule is Nc1ccccc1-c1nc2cc(Br)ccc2n1C1CC1. The van der Waals surface area contributed by atoms with Gasteiger partial charge in [-0.1, -0.05) is 28.1 Å². The van der Waals surface area contributed by atoms with Crippen molar-refractivity contribution in [1.82, 2.24) is 9.55 Å². The fourth-order valence-corrected chi connectivity index (χ4v) is 3.01. The first-order valence-corrected chi connectivity index (χ1v) is 7.56. The van der Waals surface area contributed by atoms with E-state index in [9.17, 15) is 0 Å². The van der Waals surface area contributed by atoms with Crippen LogP contribution in [0, 0.1) is 0 Å². The van der Waals surface area contributed by atoms with Gasteiger partial charge in [0.15, 0.2) is 0 Å². The summed E-state index contributed by atoms with van der Waals surface area (Å²) >= 11 is 3.52. The topological polar surface area (TPSA) is 43.8 Å². The number of rotatable bonds is 2. The number of nitrogens with zero attached hydrogens (tertiary/aromatic N) is 2. The Kier molecular flexibility index (Phi) is 2.60. The summed E-state index contributed by atoms with van der Waals surface area (Å²) in [6.07, 6.45) is 2.45. The van der Waals surface area contributed by atoms with Crippen LogP contribution in [0.25, 0.3) is 22.4 Å². The van der Waals surface area contributed by atoms with Gasteiger partial charge < -0.3 is 10.3 Å². The molecule has 0 atom stereocenters. The number of nitrogen functional groups attached to an aromatic ring is 1. The molecule has 1 fully saturated rings. The highest BCUT2D eigenvalue weighted by Crippen LogP contribution is 2.42. The minimum Gasteiger partial charge on any atom is -0.398 e. The molecule has 2 aromatic carbocycles. The summed E-state index contributed by atoms with van der Waals surface area (Å²) in [4.78, 5) is 4.82. The maximum atomic E-state index is 6.13. The van der Waals surface area contributed by atoms with Crippen LogP contribution in [0.2, 0.25) is 0 Å². The Morgan fingerprint density at radius 3 is 2.70 bits per heavy atom. The molecule has 2 N–H and O–H groups in total. The summed E-state index contributed by atoms with van der Waals surface area (Å²) in [6, 6.07) is 14.8. The zero-order chi connectivity index (χ0) is 13.7. The highest BCUT2D eigenvalue weighted by Gasteiger charge is 2.29. The molecule has 3 aromatic rings. The van der Waals surface area contributed by atoms with E-state index in [0.717, 1.165) is 27.1 Å². The molecule has 0 bridgehead atoms. The molecule has 1 aromatic heterocycles. The Morgan fingerprint density at radius 1 is 1.15 bits per heavy atom. The van der Waals surface area contributed by atoms with Gasteiger partial charge in [0.05, 0.1) is 11.0 Å². The molecule has 1 saturated carbocycles. The lowest BCUT2D eigenvalue weighted by Crippen LogP contribution is -1.99. The normalized spacial score (nSPS) is 14.8. The molecule has 100 valence electrons. The van der Waals surface area contributed by atoms with E-state index < -0.39 is 0 Å². The number of anilines is 1. The average Bonchev–Trinajstić information content (AvgIpc) is 3.20. The molecule has 4 rings (SSSR count). The third-order valence-corrected chi connectivity index (χ3v) is 4.26. The highest BCUT2D eigenvalue weighted by atomic mass is 79.9. The molecular formula is C16H14BrN3. The molecule has 0 amide bonds. The second-order valence-electron chi connectivity index (χ2n) is 5.26. The summed E-state index contributed by atoms with van der Waals surface area (Å²) in [7, 11) is 0. The Balaban J connectivity index is 2.03. The van der Waals surface area contributed by atoms with Gasteiger partial charge in [-0.2, -0.15) is 0 Å². The van der Waals surface area contributed by atoms with E-state index in [1.165, 1.54) is 18.4 Å². The number of hydrogen-bond donors (Lipinski definition) is 1. The maximum absolute atomic E-state index is 6.13. The Bertz CT molecular complexity index is 803. The molecule has 1 heterocycles. The minimum atomic E-state index is 0.566. The van der Waals surface area contributed by atoms with Gasteiger partial charge in [-0.3, -0.25) is 0 Å². The van der Waals surface area contributed by atoms with E-state index in [2.05, 4.69) is 38.7 Å². The first kappa shape index (κ1) is 12.0. The van der Waals surface area contributed by atoms with Crippen LogP contribution >= 0.6 is 15.9 Å². The van der Waals surface area contributed by atoms with Gasteiger partial charge >= 0.3 is 0 Å². The molecule has 0 radical (unpaired) electrons. The zero-order valence-corrected chi connectivity index (χ0v) is 12.5. The number of fused-ring (bicyclic) bond motifs is 1. The standard InChI is InChI=1S/C16H14BrN3/c17-10-5-8-15-14(9-10)19-16(20(15)11-6-7-11)12-3-1-2-4-13(12)18/h1-5,8-9,11H,6-7,18H2. The molecular weight excluding hydrogens is 314 g/mol. The molecule has 4 heteroatoms. The van der Waals surface area contributed by atoms with E-state index in [4.69, 9.17) is 10.7 Å². The predicted molar refractivity (Wildman–Crippen MR) is 85.6 cm³/mol. The number of halogens is 1. The number of nitrogens with two attached hydrogens (primary N) is 1. The van der Waals surface area contributed by atoms with Gasteiger partial charge in [0.1, 0.15) is 5.82 Å². The maximum Gasteiger partial charge on any atom is 0.143 e. The molecule has 0 aliphatic heterocycles. The number of imidazole rings is 1. The molecule has 3 nitrogen and oxygen atoms in total. The van der Waals surface area contributed by atoms with Gasteiger partial charge in [-0.05, 0) is 43.2 Å². The first-order chi connectivity index (χ1) is 9.74. The smallest absolute Gasteiger partial charge is 0.143 e. The van der Waals surface area contributed by atoms with Crippen molar-refractivity contribution >= 4 is 32.7 Å².